The molecule has 0 radical (unpaired) electrons. The Morgan fingerprint density at radius 3 is 2.96 bits per heavy atom. The summed E-state index contributed by atoms with van der Waals surface area (Å²) in [5.41, 5.74) is 1.95. The molecule has 0 saturated heterocycles. The Balaban J connectivity index is 1.50. The molecule has 23 heavy (non-hydrogen) atoms. The monoisotopic (exact) mass is 327 g/mol. The number of nitrogens with zero attached hydrogens (tertiary/aromatic N) is 4. The molecule has 1 amide bonds. The van der Waals surface area contributed by atoms with E-state index >= 15 is 0 Å². The van der Waals surface area contributed by atoms with Gasteiger partial charge in [0.1, 0.15) is 0 Å². The van der Waals surface area contributed by atoms with Crippen molar-refractivity contribution >= 4 is 23.3 Å². The van der Waals surface area contributed by atoms with Gasteiger partial charge in [-0.25, -0.2) is 9.50 Å². The van der Waals surface area contributed by atoms with E-state index in [1.54, 1.807) is 10.7 Å². The molecule has 116 valence electrons. The first-order valence-corrected chi connectivity index (χ1v) is 7.75. The largest absolute Gasteiger partial charge is 0.346 e. The van der Waals surface area contributed by atoms with Gasteiger partial charge in [0.25, 0.3) is 11.7 Å². The fourth-order valence-electron chi connectivity index (χ4n) is 2.71. The lowest BCUT2D eigenvalue weighted by Gasteiger charge is -2.04. The standard InChI is InChI=1S/C16H14ClN5O/c1-9-6-7-18-16-20-14(21-22(9)16)15(23)19-13-8-11(13)10-4-2-3-5-12(10)17/h2-7,11,13H,8H2,1H3,(H,19,23)/t11-,13+/m0/s1. The first-order valence-electron chi connectivity index (χ1n) is 7.37. The zero-order valence-corrected chi connectivity index (χ0v) is 13.2. The van der Waals surface area contributed by atoms with Gasteiger partial charge in [-0.1, -0.05) is 29.8 Å². The van der Waals surface area contributed by atoms with Crippen LogP contribution in [-0.2, 0) is 0 Å². The van der Waals surface area contributed by atoms with Gasteiger partial charge in [0, 0.05) is 28.9 Å². The molecule has 4 rings (SSSR count). The predicted octanol–water partition coefficient (Wildman–Crippen LogP) is 2.37. The molecular weight excluding hydrogens is 314 g/mol. The fourth-order valence-corrected chi connectivity index (χ4v) is 2.99. The minimum Gasteiger partial charge on any atom is -0.346 e. The fraction of sp³-hybridized carbons (Fsp3) is 0.250. The van der Waals surface area contributed by atoms with Crippen LogP contribution in [0.4, 0.5) is 0 Å². The number of halogens is 1. The van der Waals surface area contributed by atoms with Crippen LogP contribution in [0.25, 0.3) is 5.78 Å². The van der Waals surface area contributed by atoms with E-state index in [-0.39, 0.29) is 23.7 Å². The van der Waals surface area contributed by atoms with E-state index in [4.69, 9.17) is 11.6 Å². The zero-order valence-electron chi connectivity index (χ0n) is 12.4. The molecule has 0 aliphatic heterocycles. The lowest BCUT2D eigenvalue weighted by molar-refractivity contribution is 0.0940. The van der Waals surface area contributed by atoms with Crippen LogP contribution in [0.5, 0.6) is 0 Å². The molecule has 1 N–H and O–H groups in total. The molecule has 0 unspecified atom stereocenters. The molecule has 6 nitrogen and oxygen atoms in total. The minimum atomic E-state index is -0.283. The highest BCUT2D eigenvalue weighted by Gasteiger charge is 2.41. The summed E-state index contributed by atoms with van der Waals surface area (Å²) in [5.74, 6) is 0.532. The average Bonchev–Trinajstić information content (AvgIpc) is 3.13. The Morgan fingerprint density at radius 2 is 2.17 bits per heavy atom. The van der Waals surface area contributed by atoms with Crippen molar-refractivity contribution in [3.05, 3.63) is 58.6 Å². The van der Waals surface area contributed by atoms with Crippen LogP contribution in [0.15, 0.2) is 36.5 Å². The molecular formula is C16H14ClN5O. The Kier molecular flexibility index (Phi) is 3.27. The number of carbonyl (C=O) groups is 1. The third-order valence-electron chi connectivity index (χ3n) is 4.04. The van der Waals surface area contributed by atoms with Crippen molar-refractivity contribution in [3.63, 3.8) is 0 Å². The third kappa shape index (κ3) is 2.55. The summed E-state index contributed by atoms with van der Waals surface area (Å²) < 4.78 is 1.56. The van der Waals surface area contributed by atoms with Crippen molar-refractivity contribution in [2.24, 2.45) is 0 Å². The number of aryl methyl sites for hydroxylation is 1. The van der Waals surface area contributed by atoms with Crippen LogP contribution < -0.4 is 5.32 Å². The molecule has 1 aromatic carbocycles. The van der Waals surface area contributed by atoms with E-state index < -0.39 is 0 Å². The van der Waals surface area contributed by atoms with Gasteiger partial charge in [-0.05, 0) is 31.0 Å². The highest BCUT2D eigenvalue weighted by molar-refractivity contribution is 6.31. The van der Waals surface area contributed by atoms with Crippen LogP contribution in [0.3, 0.4) is 0 Å². The maximum absolute atomic E-state index is 12.3. The summed E-state index contributed by atoms with van der Waals surface area (Å²) in [4.78, 5) is 20.6. The van der Waals surface area contributed by atoms with Crippen LogP contribution in [0.2, 0.25) is 5.02 Å². The zero-order chi connectivity index (χ0) is 16.0. The summed E-state index contributed by atoms with van der Waals surface area (Å²) in [6.07, 6.45) is 2.52. The van der Waals surface area contributed by atoms with Crippen molar-refractivity contribution < 1.29 is 4.79 Å². The quantitative estimate of drug-likeness (QED) is 0.801. The smallest absolute Gasteiger partial charge is 0.291 e. The van der Waals surface area contributed by atoms with Gasteiger partial charge >= 0.3 is 0 Å². The average molecular weight is 328 g/mol. The van der Waals surface area contributed by atoms with Crippen molar-refractivity contribution in [3.8, 4) is 0 Å². The summed E-state index contributed by atoms with van der Waals surface area (Å²) in [6.45, 7) is 1.89. The number of benzene rings is 1. The van der Waals surface area contributed by atoms with Crippen molar-refractivity contribution in [2.45, 2.75) is 25.3 Å². The van der Waals surface area contributed by atoms with Gasteiger partial charge < -0.3 is 5.32 Å². The van der Waals surface area contributed by atoms with Gasteiger partial charge in [0.15, 0.2) is 0 Å². The maximum atomic E-state index is 12.3. The van der Waals surface area contributed by atoms with Crippen molar-refractivity contribution in [1.82, 2.24) is 24.9 Å². The summed E-state index contributed by atoms with van der Waals surface area (Å²) >= 11 is 6.20. The molecule has 1 aliphatic rings. The van der Waals surface area contributed by atoms with E-state index in [1.807, 2.05) is 37.3 Å². The van der Waals surface area contributed by atoms with Crippen LogP contribution in [-0.4, -0.2) is 31.5 Å². The molecule has 7 heteroatoms. The number of rotatable bonds is 3. The third-order valence-corrected chi connectivity index (χ3v) is 4.39. The van der Waals surface area contributed by atoms with Crippen molar-refractivity contribution in [1.29, 1.82) is 0 Å². The molecule has 1 fully saturated rings. The molecule has 1 aliphatic carbocycles. The Bertz CT molecular complexity index is 906. The number of fused-ring (bicyclic) bond motifs is 1. The van der Waals surface area contributed by atoms with Crippen LogP contribution in [0.1, 0.15) is 34.2 Å². The van der Waals surface area contributed by atoms with Gasteiger partial charge in [0.2, 0.25) is 5.82 Å². The summed E-state index contributed by atoms with van der Waals surface area (Å²) in [7, 11) is 0. The Labute approximate surface area is 137 Å². The highest BCUT2D eigenvalue weighted by atomic mass is 35.5. The molecule has 2 aromatic heterocycles. The Hall–Kier alpha value is -2.47. The number of aromatic nitrogens is 4. The maximum Gasteiger partial charge on any atom is 0.291 e. The second-order valence-corrected chi connectivity index (χ2v) is 6.08. The van der Waals surface area contributed by atoms with Gasteiger partial charge in [-0.15, -0.1) is 5.10 Å². The molecule has 2 heterocycles. The number of amides is 1. The highest BCUT2D eigenvalue weighted by Crippen LogP contribution is 2.43. The molecule has 0 spiro atoms. The second-order valence-electron chi connectivity index (χ2n) is 5.68. The second kappa shape index (κ2) is 5.31. The first kappa shape index (κ1) is 14.1. The molecule has 0 bridgehead atoms. The lowest BCUT2D eigenvalue weighted by Crippen LogP contribution is -2.27. The number of hydrogen-bond acceptors (Lipinski definition) is 4. The number of nitrogens with one attached hydrogen (secondary N) is 1. The van der Waals surface area contributed by atoms with E-state index in [0.29, 0.717) is 5.78 Å². The molecule has 2 atom stereocenters. The van der Waals surface area contributed by atoms with Crippen molar-refractivity contribution in [2.75, 3.05) is 0 Å². The van der Waals surface area contributed by atoms with Gasteiger partial charge in [-0.3, -0.25) is 4.79 Å². The van der Waals surface area contributed by atoms with E-state index in [0.717, 1.165) is 22.7 Å². The topological polar surface area (TPSA) is 72.2 Å². The van der Waals surface area contributed by atoms with Crippen LogP contribution >= 0.6 is 11.6 Å². The molecule has 1 saturated carbocycles. The lowest BCUT2D eigenvalue weighted by atomic mass is 10.1. The summed E-state index contributed by atoms with van der Waals surface area (Å²) in [5, 5.41) is 7.91. The van der Waals surface area contributed by atoms with E-state index in [1.165, 1.54) is 0 Å². The predicted molar refractivity (Wildman–Crippen MR) is 85.6 cm³/mol. The van der Waals surface area contributed by atoms with E-state index in [2.05, 4.69) is 20.4 Å². The number of hydrogen-bond donors (Lipinski definition) is 1. The van der Waals surface area contributed by atoms with E-state index in [9.17, 15) is 4.79 Å². The normalized spacial score (nSPS) is 19.7. The SMILES string of the molecule is Cc1ccnc2nc(C(=O)N[C@@H]3C[C@H]3c3ccccc3Cl)nn12. The van der Waals surface area contributed by atoms with Crippen LogP contribution in [0, 0.1) is 6.92 Å². The van der Waals surface area contributed by atoms with Gasteiger partial charge in [0.05, 0.1) is 0 Å². The molecule has 3 aromatic rings. The van der Waals surface area contributed by atoms with Gasteiger partial charge in [-0.2, -0.15) is 4.98 Å². The Morgan fingerprint density at radius 1 is 1.35 bits per heavy atom. The minimum absolute atomic E-state index is 0.0723. The first-order chi connectivity index (χ1) is 11.1. The summed E-state index contributed by atoms with van der Waals surface area (Å²) in [6, 6.07) is 9.61. The number of carbonyl (C=O) groups excluding carboxylic acids is 1.